The lowest BCUT2D eigenvalue weighted by Gasteiger charge is -2.23. The standard InChI is InChI=1S/C25H24N6O3/c26-23-18-11-16(6-8-19(18)30-25(28)31-23)29-12-15(10-14-4-2-1-3-5-14)21-17(24(27)32)7-9-20-22(21)34-13-33-20/h1-9,11,15,29H,10,12-13H2,(H2,27,32)(H4,26,28,30,31). The van der Waals surface area contributed by atoms with Crippen LogP contribution in [0.2, 0.25) is 0 Å². The van der Waals surface area contributed by atoms with Crippen LogP contribution in [0, 0.1) is 0 Å². The molecule has 0 bridgehead atoms. The number of aromatic nitrogens is 2. The summed E-state index contributed by atoms with van der Waals surface area (Å²) >= 11 is 0. The normalized spacial score (nSPS) is 13.1. The minimum Gasteiger partial charge on any atom is -0.454 e. The quantitative estimate of drug-likeness (QED) is 0.331. The van der Waals surface area contributed by atoms with Gasteiger partial charge in [0.25, 0.3) is 0 Å². The van der Waals surface area contributed by atoms with E-state index in [1.165, 1.54) is 0 Å². The van der Waals surface area contributed by atoms with Gasteiger partial charge in [-0.1, -0.05) is 30.3 Å². The molecule has 9 heteroatoms. The summed E-state index contributed by atoms with van der Waals surface area (Å²) in [6, 6.07) is 19.1. The number of hydrogen-bond acceptors (Lipinski definition) is 8. The number of rotatable bonds is 7. The van der Waals surface area contributed by atoms with Crippen molar-refractivity contribution in [3.05, 3.63) is 77.4 Å². The monoisotopic (exact) mass is 456 g/mol. The summed E-state index contributed by atoms with van der Waals surface area (Å²) in [5.41, 5.74) is 21.3. The highest BCUT2D eigenvalue weighted by Crippen LogP contribution is 2.42. The highest BCUT2D eigenvalue weighted by molar-refractivity contribution is 5.96. The van der Waals surface area contributed by atoms with Gasteiger partial charge in [-0.05, 0) is 42.3 Å². The van der Waals surface area contributed by atoms with E-state index in [-0.39, 0.29) is 18.7 Å². The molecular formula is C25H24N6O3. The van der Waals surface area contributed by atoms with Crippen LogP contribution >= 0.6 is 0 Å². The van der Waals surface area contributed by atoms with E-state index in [2.05, 4.69) is 27.4 Å². The molecule has 34 heavy (non-hydrogen) atoms. The third-order valence-corrected chi connectivity index (χ3v) is 5.87. The minimum absolute atomic E-state index is 0.100. The van der Waals surface area contributed by atoms with Gasteiger partial charge in [-0.25, -0.2) is 4.98 Å². The second-order valence-corrected chi connectivity index (χ2v) is 8.09. The van der Waals surface area contributed by atoms with Crippen LogP contribution in [0.25, 0.3) is 10.9 Å². The second kappa shape index (κ2) is 8.78. The van der Waals surface area contributed by atoms with Crippen LogP contribution in [0.4, 0.5) is 17.5 Å². The SMILES string of the molecule is NC(=O)c1ccc2c(c1C(CNc1ccc3nc(N)nc(N)c3c1)Cc1ccccc1)OCO2. The van der Waals surface area contributed by atoms with Gasteiger partial charge in [0.1, 0.15) is 5.82 Å². The molecule has 4 aromatic rings. The lowest BCUT2D eigenvalue weighted by molar-refractivity contribution is 0.0998. The molecule has 0 saturated heterocycles. The molecule has 1 amide bonds. The van der Waals surface area contributed by atoms with Crippen molar-refractivity contribution in [3.63, 3.8) is 0 Å². The van der Waals surface area contributed by atoms with E-state index < -0.39 is 5.91 Å². The zero-order valence-electron chi connectivity index (χ0n) is 18.3. The number of benzene rings is 3. The summed E-state index contributed by atoms with van der Waals surface area (Å²) in [4.78, 5) is 20.6. The number of hydrogen-bond donors (Lipinski definition) is 4. The van der Waals surface area contributed by atoms with Crippen LogP contribution < -0.4 is 32.0 Å². The summed E-state index contributed by atoms with van der Waals surface area (Å²) in [6.07, 6.45) is 0.656. The van der Waals surface area contributed by atoms with Gasteiger partial charge in [0.15, 0.2) is 11.5 Å². The molecule has 0 spiro atoms. The number of carbonyl (C=O) groups is 1. The van der Waals surface area contributed by atoms with E-state index in [9.17, 15) is 4.79 Å². The average Bonchev–Trinajstić information content (AvgIpc) is 3.31. The zero-order chi connectivity index (χ0) is 23.7. The maximum Gasteiger partial charge on any atom is 0.249 e. The number of nitrogens with one attached hydrogen (secondary N) is 1. The fraction of sp³-hybridized carbons (Fsp3) is 0.160. The topological polar surface area (TPSA) is 151 Å². The Morgan fingerprint density at radius 2 is 1.85 bits per heavy atom. The molecule has 1 atom stereocenters. The predicted octanol–water partition coefficient (Wildman–Crippen LogP) is 3.06. The van der Waals surface area contributed by atoms with Crippen molar-refractivity contribution in [1.82, 2.24) is 9.97 Å². The van der Waals surface area contributed by atoms with E-state index in [1.807, 2.05) is 36.4 Å². The first-order valence-electron chi connectivity index (χ1n) is 10.8. The van der Waals surface area contributed by atoms with Gasteiger partial charge < -0.3 is 32.0 Å². The first-order chi connectivity index (χ1) is 16.5. The summed E-state index contributed by atoms with van der Waals surface area (Å²) in [5, 5.41) is 4.17. The number of nitrogen functional groups attached to an aromatic ring is 2. The number of nitrogens with two attached hydrogens (primary N) is 3. The number of anilines is 3. The molecule has 1 aliphatic heterocycles. The minimum atomic E-state index is -0.514. The Kier molecular flexibility index (Phi) is 5.51. The molecule has 5 rings (SSSR count). The fourth-order valence-electron chi connectivity index (χ4n) is 4.31. The van der Waals surface area contributed by atoms with Crippen molar-refractivity contribution in [3.8, 4) is 11.5 Å². The van der Waals surface area contributed by atoms with Crippen molar-refractivity contribution in [2.75, 3.05) is 30.1 Å². The Labute approximate surface area is 195 Å². The van der Waals surface area contributed by atoms with Crippen molar-refractivity contribution in [2.24, 2.45) is 5.73 Å². The summed E-state index contributed by atoms with van der Waals surface area (Å²) in [7, 11) is 0. The molecule has 2 heterocycles. The van der Waals surface area contributed by atoms with E-state index in [0.717, 1.165) is 16.8 Å². The summed E-state index contributed by atoms with van der Waals surface area (Å²) in [5.74, 6) is 0.955. The van der Waals surface area contributed by atoms with Crippen LogP contribution in [0.1, 0.15) is 27.4 Å². The number of primary amides is 1. The van der Waals surface area contributed by atoms with Crippen LogP contribution in [0.3, 0.4) is 0 Å². The highest BCUT2D eigenvalue weighted by atomic mass is 16.7. The summed E-state index contributed by atoms with van der Waals surface area (Å²) in [6.45, 7) is 0.597. The molecule has 7 N–H and O–H groups in total. The maximum absolute atomic E-state index is 12.3. The Balaban J connectivity index is 1.52. The van der Waals surface area contributed by atoms with Gasteiger partial charge >= 0.3 is 0 Å². The summed E-state index contributed by atoms with van der Waals surface area (Å²) < 4.78 is 11.3. The molecule has 0 fully saturated rings. The molecule has 1 unspecified atom stereocenters. The Bertz CT molecular complexity index is 1380. The number of nitrogens with zero attached hydrogens (tertiary/aromatic N) is 2. The fourth-order valence-corrected chi connectivity index (χ4v) is 4.31. The smallest absolute Gasteiger partial charge is 0.249 e. The van der Waals surface area contributed by atoms with Crippen molar-refractivity contribution in [2.45, 2.75) is 12.3 Å². The van der Waals surface area contributed by atoms with E-state index in [0.29, 0.717) is 46.7 Å². The molecular weight excluding hydrogens is 432 g/mol. The van der Waals surface area contributed by atoms with Crippen LogP contribution in [-0.4, -0.2) is 29.2 Å². The molecule has 9 nitrogen and oxygen atoms in total. The number of ether oxygens (including phenoxy) is 2. The van der Waals surface area contributed by atoms with Gasteiger partial charge in [-0.15, -0.1) is 0 Å². The first-order valence-corrected chi connectivity index (χ1v) is 10.8. The third-order valence-electron chi connectivity index (χ3n) is 5.87. The lowest BCUT2D eigenvalue weighted by atomic mass is 9.87. The molecule has 1 aliphatic rings. The molecule has 0 radical (unpaired) electrons. The Hall–Kier alpha value is -4.53. The zero-order valence-corrected chi connectivity index (χ0v) is 18.3. The van der Waals surface area contributed by atoms with Gasteiger partial charge in [-0.2, -0.15) is 4.98 Å². The van der Waals surface area contributed by atoms with Crippen LogP contribution in [-0.2, 0) is 6.42 Å². The van der Waals surface area contributed by atoms with E-state index >= 15 is 0 Å². The van der Waals surface area contributed by atoms with Gasteiger partial charge in [0, 0.05) is 34.7 Å². The molecule has 0 aliphatic carbocycles. The average molecular weight is 457 g/mol. The molecule has 3 aromatic carbocycles. The van der Waals surface area contributed by atoms with Crippen molar-refractivity contribution < 1.29 is 14.3 Å². The lowest BCUT2D eigenvalue weighted by Crippen LogP contribution is -2.21. The molecule has 0 saturated carbocycles. The van der Waals surface area contributed by atoms with E-state index in [4.69, 9.17) is 26.7 Å². The number of carbonyl (C=O) groups excluding carboxylic acids is 1. The number of amides is 1. The predicted molar refractivity (Wildman–Crippen MR) is 131 cm³/mol. The van der Waals surface area contributed by atoms with Crippen LogP contribution in [0.15, 0.2) is 60.7 Å². The van der Waals surface area contributed by atoms with Gasteiger partial charge in [0.2, 0.25) is 18.6 Å². The third kappa shape index (κ3) is 4.11. The van der Waals surface area contributed by atoms with Gasteiger partial charge in [0.05, 0.1) is 5.52 Å². The highest BCUT2D eigenvalue weighted by Gasteiger charge is 2.29. The molecule has 172 valence electrons. The van der Waals surface area contributed by atoms with E-state index in [1.54, 1.807) is 12.1 Å². The van der Waals surface area contributed by atoms with Crippen molar-refractivity contribution >= 4 is 34.3 Å². The number of fused-ring (bicyclic) bond motifs is 2. The second-order valence-electron chi connectivity index (χ2n) is 8.09. The molecule has 1 aromatic heterocycles. The Morgan fingerprint density at radius 3 is 2.65 bits per heavy atom. The van der Waals surface area contributed by atoms with Gasteiger partial charge in [-0.3, -0.25) is 4.79 Å². The first kappa shape index (κ1) is 21.3. The van der Waals surface area contributed by atoms with Crippen LogP contribution in [0.5, 0.6) is 11.5 Å². The largest absolute Gasteiger partial charge is 0.454 e. The Morgan fingerprint density at radius 1 is 1.03 bits per heavy atom. The maximum atomic E-state index is 12.3. The van der Waals surface area contributed by atoms with Crippen molar-refractivity contribution in [1.29, 1.82) is 0 Å².